The minimum absolute atomic E-state index is 0.0731. The van der Waals surface area contributed by atoms with Crippen molar-refractivity contribution in [1.29, 1.82) is 0 Å². The smallest absolute Gasteiger partial charge is 0.261 e. The van der Waals surface area contributed by atoms with Gasteiger partial charge in [-0.05, 0) is 42.2 Å². The first-order valence-electron chi connectivity index (χ1n) is 7.47. The summed E-state index contributed by atoms with van der Waals surface area (Å²) in [5.41, 5.74) is 1.30. The molecule has 1 N–H and O–H groups in total. The van der Waals surface area contributed by atoms with Crippen LogP contribution in [0.3, 0.4) is 0 Å². The van der Waals surface area contributed by atoms with Crippen molar-refractivity contribution in [2.24, 2.45) is 0 Å². The maximum Gasteiger partial charge on any atom is 0.261 e. The van der Waals surface area contributed by atoms with Gasteiger partial charge in [0.1, 0.15) is 0 Å². The second-order valence-corrected chi connectivity index (χ2v) is 6.45. The standard InChI is InChI=1S/C18H14ClNO3/c19-15-7-3-6-14(18(23)8-9-18)13(15)10-20-16(21)11-4-1-2-5-12(11)17(20)22/h1-7,23H,8-10H2. The summed E-state index contributed by atoms with van der Waals surface area (Å²) in [6.07, 6.45) is 1.34. The van der Waals surface area contributed by atoms with E-state index in [0.29, 0.717) is 40.1 Å². The van der Waals surface area contributed by atoms with Gasteiger partial charge in [0, 0.05) is 5.02 Å². The van der Waals surface area contributed by atoms with Gasteiger partial charge < -0.3 is 5.11 Å². The fourth-order valence-electron chi connectivity index (χ4n) is 3.08. The number of halogens is 1. The van der Waals surface area contributed by atoms with Crippen LogP contribution in [0.15, 0.2) is 42.5 Å². The third-order valence-corrected chi connectivity index (χ3v) is 4.89. The van der Waals surface area contributed by atoms with Crippen LogP contribution in [0.4, 0.5) is 0 Å². The van der Waals surface area contributed by atoms with E-state index in [-0.39, 0.29) is 18.4 Å². The Morgan fingerprint density at radius 1 is 1.00 bits per heavy atom. The monoisotopic (exact) mass is 327 g/mol. The van der Waals surface area contributed by atoms with Gasteiger partial charge in [-0.1, -0.05) is 35.9 Å². The second kappa shape index (κ2) is 4.91. The summed E-state index contributed by atoms with van der Waals surface area (Å²) < 4.78 is 0. The summed E-state index contributed by atoms with van der Waals surface area (Å²) in [6, 6.07) is 12.1. The molecule has 5 heteroatoms. The summed E-state index contributed by atoms with van der Waals surface area (Å²) in [5, 5.41) is 10.9. The lowest BCUT2D eigenvalue weighted by atomic mass is 10.00. The molecule has 0 atom stereocenters. The molecule has 2 aromatic rings. The van der Waals surface area contributed by atoms with Crippen molar-refractivity contribution in [2.45, 2.75) is 25.0 Å². The van der Waals surface area contributed by atoms with Crippen LogP contribution >= 0.6 is 11.6 Å². The maximum absolute atomic E-state index is 12.5. The average Bonchev–Trinajstić information content (AvgIpc) is 3.26. The van der Waals surface area contributed by atoms with Crippen molar-refractivity contribution in [3.8, 4) is 0 Å². The van der Waals surface area contributed by atoms with E-state index >= 15 is 0 Å². The van der Waals surface area contributed by atoms with Gasteiger partial charge in [0.05, 0.1) is 23.3 Å². The molecular weight excluding hydrogens is 314 g/mol. The van der Waals surface area contributed by atoms with Crippen LogP contribution in [0.2, 0.25) is 5.02 Å². The number of carbonyl (C=O) groups is 2. The molecule has 23 heavy (non-hydrogen) atoms. The average molecular weight is 328 g/mol. The number of carbonyl (C=O) groups excluding carboxylic acids is 2. The Morgan fingerprint density at radius 3 is 2.17 bits per heavy atom. The summed E-state index contributed by atoms with van der Waals surface area (Å²) in [4.78, 5) is 26.2. The van der Waals surface area contributed by atoms with Gasteiger partial charge >= 0.3 is 0 Å². The molecule has 1 heterocycles. The molecule has 0 bridgehead atoms. The van der Waals surface area contributed by atoms with Crippen molar-refractivity contribution in [2.75, 3.05) is 0 Å². The van der Waals surface area contributed by atoms with Gasteiger partial charge in [-0.15, -0.1) is 0 Å². The highest BCUT2D eigenvalue weighted by Gasteiger charge is 2.45. The Balaban J connectivity index is 1.73. The minimum atomic E-state index is -0.876. The Morgan fingerprint density at radius 2 is 1.61 bits per heavy atom. The van der Waals surface area contributed by atoms with Crippen LogP contribution in [-0.4, -0.2) is 21.8 Å². The molecule has 0 unspecified atom stereocenters. The van der Waals surface area contributed by atoms with Crippen molar-refractivity contribution in [3.05, 3.63) is 69.7 Å². The predicted octanol–water partition coefficient (Wildman–Crippen LogP) is 3.12. The van der Waals surface area contributed by atoms with E-state index in [1.165, 1.54) is 4.90 Å². The number of aliphatic hydroxyl groups is 1. The quantitative estimate of drug-likeness (QED) is 0.881. The van der Waals surface area contributed by atoms with Crippen LogP contribution in [-0.2, 0) is 12.1 Å². The third-order valence-electron chi connectivity index (χ3n) is 4.54. The molecule has 0 saturated heterocycles. The number of amides is 2. The molecule has 0 radical (unpaired) electrons. The zero-order valence-electron chi connectivity index (χ0n) is 12.3. The number of nitrogens with zero attached hydrogens (tertiary/aromatic N) is 1. The molecule has 2 amide bonds. The fourth-order valence-corrected chi connectivity index (χ4v) is 3.32. The van der Waals surface area contributed by atoms with E-state index in [1.807, 2.05) is 6.07 Å². The lowest BCUT2D eigenvalue weighted by molar-refractivity contribution is 0.0638. The van der Waals surface area contributed by atoms with E-state index in [9.17, 15) is 14.7 Å². The Hall–Kier alpha value is -2.17. The Kier molecular flexibility index (Phi) is 3.08. The van der Waals surface area contributed by atoms with E-state index < -0.39 is 5.60 Å². The normalized spacial score (nSPS) is 18.3. The van der Waals surface area contributed by atoms with Gasteiger partial charge in [0.2, 0.25) is 0 Å². The first-order valence-corrected chi connectivity index (χ1v) is 7.84. The molecule has 4 rings (SSSR count). The van der Waals surface area contributed by atoms with Gasteiger partial charge in [0.15, 0.2) is 0 Å². The summed E-state index contributed by atoms with van der Waals surface area (Å²) in [5.74, 6) is -0.640. The highest BCUT2D eigenvalue weighted by molar-refractivity contribution is 6.31. The van der Waals surface area contributed by atoms with E-state index in [1.54, 1.807) is 36.4 Å². The molecular formula is C18H14ClNO3. The zero-order valence-corrected chi connectivity index (χ0v) is 13.0. The molecule has 2 aliphatic rings. The largest absolute Gasteiger partial charge is 0.385 e. The SMILES string of the molecule is O=C1c2ccccc2C(=O)N1Cc1c(Cl)cccc1C1(O)CC1. The molecule has 1 saturated carbocycles. The zero-order chi connectivity index (χ0) is 16.2. The molecule has 1 aliphatic heterocycles. The molecule has 4 nitrogen and oxygen atoms in total. The molecule has 0 spiro atoms. The lowest BCUT2D eigenvalue weighted by Crippen LogP contribution is -2.30. The number of benzene rings is 2. The van der Waals surface area contributed by atoms with Gasteiger partial charge in [-0.3, -0.25) is 14.5 Å². The number of fused-ring (bicyclic) bond motifs is 1. The first kappa shape index (κ1) is 14.4. The Bertz CT molecular complexity index is 807. The third kappa shape index (κ3) is 2.18. The van der Waals surface area contributed by atoms with Crippen LogP contribution in [0.25, 0.3) is 0 Å². The van der Waals surface area contributed by atoms with Crippen molar-refractivity contribution in [1.82, 2.24) is 4.90 Å². The maximum atomic E-state index is 12.5. The van der Waals surface area contributed by atoms with E-state index in [4.69, 9.17) is 11.6 Å². The number of hydrogen-bond donors (Lipinski definition) is 1. The minimum Gasteiger partial charge on any atom is -0.385 e. The predicted molar refractivity (Wildman–Crippen MR) is 85.2 cm³/mol. The van der Waals surface area contributed by atoms with Crippen molar-refractivity contribution in [3.63, 3.8) is 0 Å². The van der Waals surface area contributed by atoms with Crippen LogP contribution < -0.4 is 0 Å². The number of imide groups is 1. The van der Waals surface area contributed by atoms with Crippen LogP contribution in [0, 0.1) is 0 Å². The molecule has 1 fully saturated rings. The van der Waals surface area contributed by atoms with Gasteiger partial charge in [0.25, 0.3) is 11.8 Å². The highest BCUT2D eigenvalue weighted by atomic mass is 35.5. The number of rotatable bonds is 3. The topological polar surface area (TPSA) is 57.6 Å². The van der Waals surface area contributed by atoms with Gasteiger partial charge in [-0.2, -0.15) is 0 Å². The summed E-state index contributed by atoms with van der Waals surface area (Å²) in [7, 11) is 0. The fraction of sp³-hybridized carbons (Fsp3) is 0.222. The van der Waals surface area contributed by atoms with E-state index in [0.717, 1.165) is 0 Å². The number of hydrogen-bond acceptors (Lipinski definition) is 3. The van der Waals surface area contributed by atoms with Crippen molar-refractivity contribution < 1.29 is 14.7 Å². The summed E-state index contributed by atoms with van der Waals surface area (Å²) in [6.45, 7) is 0.0731. The van der Waals surface area contributed by atoms with Crippen LogP contribution in [0.5, 0.6) is 0 Å². The van der Waals surface area contributed by atoms with E-state index in [2.05, 4.69) is 0 Å². The van der Waals surface area contributed by atoms with Crippen LogP contribution in [0.1, 0.15) is 44.7 Å². The molecule has 1 aliphatic carbocycles. The lowest BCUT2D eigenvalue weighted by Gasteiger charge is -2.20. The van der Waals surface area contributed by atoms with Crippen molar-refractivity contribution >= 4 is 23.4 Å². The Labute approximate surface area is 138 Å². The molecule has 116 valence electrons. The highest BCUT2D eigenvalue weighted by Crippen LogP contribution is 2.48. The first-order chi connectivity index (χ1) is 11.0. The molecule has 2 aromatic carbocycles. The molecule has 0 aromatic heterocycles. The summed E-state index contributed by atoms with van der Waals surface area (Å²) >= 11 is 6.29. The second-order valence-electron chi connectivity index (χ2n) is 6.04. The van der Waals surface area contributed by atoms with Gasteiger partial charge in [-0.25, -0.2) is 0 Å².